The van der Waals surface area contributed by atoms with E-state index in [2.05, 4.69) is 252 Å². The quantitative estimate of drug-likeness (QED) is 0.150. The van der Waals surface area contributed by atoms with Crippen molar-refractivity contribution in [2.24, 2.45) is 0 Å². The Hall–Kier alpha value is -7.94. The van der Waals surface area contributed by atoms with Gasteiger partial charge in [-0.2, -0.15) is 0 Å². The second-order valence-corrected chi connectivity index (χ2v) is 15.3. The standard InChI is InChI=1S/C58H40N2/c1-4-15-43(16-5-1)52-24-12-13-25-53(52)45-31-34-50(35-32-45)60(49-21-8-3-9-22-49)51-23-14-20-47(39-51)41-27-29-42(30-28-41)48-37-38-59-55-36-33-44-17-10-11-26-54(44)58(55)57(56(59)40-48)46-18-6-2-7-19-46/h1-40H. The molecular weight excluding hydrogens is 725 g/mol. The second-order valence-electron chi connectivity index (χ2n) is 15.3. The maximum atomic E-state index is 2.36. The van der Waals surface area contributed by atoms with Crippen LogP contribution in [0.3, 0.4) is 0 Å². The van der Waals surface area contributed by atoms with Crippen molar-refractivity contribution in [2.75, 3.05) is 4.90 Å². The predicted octanol–water partition coefficient (Wildman–Crippen LogP) is 16.1. The Labute approximate surface area is 350 Å². The van der Waals surface area contributed by atoms with Crippen molar-refractivity contribution in [3.05, 3.63) is 243 Å². The van der Waals surface area contributed by atoms with Gasteiger partial charge in [0.05, 0.1) is 11.0 Å². The van der Waals surface area contributed by atoms with Crippen LogP contribution in [0.15, 0.2) is 243 Å². The van der Waals surface area contributed by atoms with Gasteiger partial charge in [0, 0.05) is 34.2 Å². The van der Waals surface area contributed by atoms with E-state index < -0.39 is 0 Å². The molecule has 2 heterocycles. The van der Waals surface area contributed by atoms with E-state index in [0.29, 0.717) is 0 Å². The number of pyridine rings is 1. The highest BCUT2D eigenvalue weighted by atomic mass is 15.1. The lowest BCUT2D eigenvalue weighted by Gasteiger charge is -2.26. The lowest BCUT2D eigenvalue weighted by atomic mass is 9.94. The molecule has 0 amide bonds. The van der Waals surface area contributed by atoms with Crippen molar-refractivity contribution < 1.29 is 0 Å². The minimum Gasteiger partial charge on any atom is -0.316 e. The van der Waals surface area contributed by atoms with Crippen LogP contribution in [0, 0.1) is 0 Å². The van der Waals surface area contributed by atoms with Crippen molar-refractivity contribution in [2.45, 2.75) is 0 Å². The molecule has 282 valence electrons. The largest absolute Gasteiger partial charge is 0.316 e. The Morgan fingerprint density at radius 1 is 0.300 bits per heavy atom. The molecule has 11 rings (SSSR count). The number of hydrogen-bond donors (Lipinski definition) is 0. The number of benzene rings is 9. The summed E-state index contributed by atoms with van der Waals surface area (Å²) in [6, 6.07) is 85.4. The van der Waals surface area contributed by atoms with E-state index in [9.17, 15) is 0 Å². The number of fused-ring (bicyclic) bond motifs is 5. The Morgan fingerprint density at radius 3 is 1.52 bits per heavy atom. The van der Waals surface area contributed by atoms with Gasteiger partial charge in [-0.15, -0.1) is 0 Å². The fourth-order valence-corrected chi connectivity index (χ4v) is 8.93. The first-order valence-corrected chi connectivity index (χ1v) is 20.6. The van der Waals surface area contributed by atoms with Crippen LogP contribution in [0.1, 0.15) is 0 Å². The molecule has 0 aliphatic heterocycles. The molecule has 11 aromatic rings. The van der Waals surface area contributed by atoms with E-state index in [1.165, 1.54) is 82.8 Å². The Morgan fingerprint density at radius 2 is 0.817 bits per heavy atom. The van der Waals surface area contributed by atoms with Gasteiger partial charge < -0.3 is 9.30 Å². The summed E-state index contributed by atoms with van der Waals surface area (Å²) in [5.41, 5.74) is 17.8. The van der Waals surface area contributed by atoms with E-state index in [1.807, 2.05) is 0 Å². The maximum absolute atomic E-state index is 2.36. The molecule has 9 aromatic carbocycles. The minimum absolute atomic E-state index is 1.10. The van der Waals surface area contributed by atoms with Crippen molar-refractivity contribution in [3.8, 4) is 55.6 Å². The number of para-hydroxylation sites is 1. The highest BCUT2D eigenvalue weighted by Gasteiger charge is 2.18. The molecule has 0 saturated heterocycles. The number of anilines is 3. The monoisotopic (exact) mass is 764 g/mol. The highest BCUT2D eigenvalue weighted by Crippen LogP contribution is 2.42. The molecule has 0 radical (unpaired) electrons. The first-order valence-electron chi connectivity index (χ1n) is 20.6. The summed E-state index contributed by atoms with van der Waals surface area (Å²) in [6.07, 6.45) is 2.23. The molecule has 0 saturated carbocycles. The number of aromatic nitrogens is 1. The third kappa shape index (κ3) is 6.32. The van der Waals surface area contributed by atoms with Crippen LogP contribution in [0.4, 0.5) is 17.1 Å². The summed E-state index contributed by atoms with van der Waals surface area (Å²) in [7, 11) is 0. The molecule has 0 fully saturated rings. The molecule has 0 unspecified atom stereocenters. The van der Waals surface area contributed by atoms with Gasteiger partial charge in [-0.05, 0) is 115 Å². The van der Waals surface area contributed by atoms with Gasteiger partial charge in [-0.25, -0.2) is 0 Å². The summed E-state index contributed by atoms with van der Waals surface area (Å²) in [5, 5.41) is 3.82. The zero-order valence-electron chi connectivity index (χ0n) is 33.0. The fourth-order valence-electron chi connectivity index (χ4n) is 8.93. The second kappa shape index (κ2) is 15.1. The predicted molar refractivity (Wildman–Crippen MR) is 254 cm³/mol. The maximum Gasteiger partial charge on any atom is 0.0547 e. The molecular formula is C58H40N2. The van der Waals surface area contributed by atoms with Crippen LogP contribution in [-0.4, -0.2) is 4.40 Å². The van der Waals surface area contributed by atoms with E-state index in [1.54, 1.807) is 0 Å². The van der Waals surface area contributed by atoms with Crippen molar-refractivity contribution >= 4 is 44.3 Å². The molecule has 0 aliphatic carbocycles. The molecule has 2 nitrogen and oxygen atoms in total. The van der Waals surface area contributed by atoms with Gasteiger partial charge in [0.1, 0.15) is 0 Å². The fraction of sp³-hybridized carbons (Fsp3) is 0. The molecule has 2 heteroatoms. The van der Waals surface area contributed by atoms with Gasteiger partial charge in [-0.3, -0.25) is 0 Å². The topological polar surface area (TPSA) is 7.65 Å². The third-order valence-electron chi connectivity index (χ3n) is 11.8. The average Bonchev–Trinajstić information content (AvgIpc) is 3.67. The van der Waals surface area contributed by atoms with Gasteiger partial charge in [0.2, 0.25) is 0 Å². The zero-order chi connectivity index (χ0) is 39.8. The van der Waals surface area contributed by atoms with Gasteiger partial charge >= 0.3 is 0 Å². The molecule has 2 aromatic heterocycles. The van der Waals surface area contributed by atoms with Gasteiger partial charge in [-0.1, -0.05) is 182 Å². The van der Waals surface area contributed by atoms with Crippen LogP contribution in [0.2, 0.25) is 0 Å². The third-order valence-corrected chi connectivity index (χ3v) is 11.8. The number of nitrogens with zero attached hydrogens (tertiary/aromatic N) is 2. The summed E-state index contributed by atoms with van der Waals surface area (Å²) in [4.78, 5) is 2.34. The lowest BCUT2D eigenvalue weighted by Crippen LogP contribution is -2.09. The van der Waals surface area contributed by atoms with Crippen LogP contribution in [0.25, 0.3) is 82.8 Å². The van der Waals surface area contributed by atoms with Gasteiger partial charge in [0.25, 0.3) is 0 Å². The Kier molecular flexibility index (Phi) is 8.87. The van der Waals surface area contributed by atoms with Crippen molar-refractivity contribution in [1.29, 1.82) is 0 Å². The van der Waals surface area contributed by atoms with Crippen LogP contribution in [-0.2, 0) is 0 Å². The molecule has 60 heavy (non-hydrogen) atoms. The Bertz CT molecular complexity index is 3270. The minimum atomic E-state index is 1.10. The van der Waals surface area contributed by atoms with E-state index in [0.717, 1.165) is 17.1 Å². The summed E-state index contributed by atoms with van der Waals surface area (Å²) in [5.74, 6) is 0. The van der Waals surface area contributed by atoms with E-state index >= 15 is 0 Å². The Balaban J connectivity index is 0.943. The smallest absolute Gasteiger partial charge is 0.0547 e. The molecule has 0 spiro atoms. The van der Waals surface area contributed by atoms with Gasteiger partial charge in [0.15, 0.2) is 0 Å². The average molecular weight is 765 g/mol. The van der Waals surface area contributed by atoms with E-state index in [-0.39, 0.29) is 0 Å². The van der Waals surface area contributed by atoms with Crippen LogP contribution >= 0.6 is 0 Å². The normalized spacial score (nSPS) is 11.3. The number of hydrogen-bond acceptors (Lipinski definition) is 1. The summed E-state index contributed by atoms with van der Waals surface area (Å²) < 4.78 is 2.35. The lowest BCUT2D eigenvalue weighted by molar-refractivity contribution is 1.26. The highest BCUT2D eigenvalue weighted by molar-refractivity contribution is 6.18. The molecule has 0 atom stereocenters. The van der Waals surface area contributed by atoms with Crippen LogP contribution < -0.4 is 4.90 Å². The molecule has 0 aliphatic rings. The zero-order valence-corrected chi connectivity index (χ0v) is 33.0. The number of rotatable bonds is 8. The summed E-state index contributed by atoms with van der Waals surface area (Å²) in [6.45, 7) is 0. The van der Waals surface area contributed by atoms with Crippen molar-refractivity contribution in [1.82, 2.24) is 4.40 Å². The van der Waals surface area contributed by atoms with Crippen molar-refractivity contribution in [3.63, 3.8) is 0 Å². The van der Waals surface area contributed by atoms with Crippen LogP contribution in [0.5, 0.6) is 0 Å². The first kappa shape index (κ1) is 35.2. The molecule has 0 bridgehead atoms. The SMILES string of the molecule is c1ccc(-c2ccccc2-c2ccc(N(c3ccccc3)c3cccc(-c4ccc(-c5ccn6c(c5)c(-c5ccccc5)c5c7ccccc7ccc56)cc4)c3)cc2)cc1. The first-order chi connectivity index (χ1) is 29.8. The van der Waals surface area contributed by atoms with E-state index in [4.69, 9.17) is 0 Å². The molecule has 0 N–H and O–H groups in total. The summed E-state index contributed by atoms with van der Waals surface area (Å²) >= 11 is 0.